The molecule has 0 radical (unpaired) electrons. The number of sulfonamides is 1. The highest BCUT2D eigenvalue weighted by Crippen LogP contribution is 2.49. The Hall–Kier alpha value is -2.45. The minimum atomic E-state index is -3.72. The third-order valence-corrected chi connectivity index (χ3v) is 7.05. The summed E-state index contributed by atoms with van der Waals surface area (Å²) in [5.41, 5.74) is 0.516. The van der Waals surface area contributed by atoms with Gasteiger partial charge in [-0.3, -0.25) is 4.79 Å². The van der Waals surface area contributed by atoms with E-state index in [2.05, 4.69) is 5.32 Å². The zero-order chi connectivity index (χ0) is 20.5. The highest BCUT2D eigenvalue weighted by molar-refractivity contribution is 7.89. The lowest BCUT2D eigenvalue weighted by Gasteiger charge is -2.19. The molecule has 1 amide bonds. The molecule has 1 aliphatic rings. The third-order valence-electron chi connectivity index (χ3n) is 5.00. The van der Waals surface area contributed by atoms with Crippen LogP contribution in [0.2, 0.25) is 0 Å². The van der Waals surface area contributed by atoms with Gasteiger partial charge in [0.2, 0.25) is 15.9 Å². The quantitative estimate of drug-likeness (QED) is 0.691. The summed E-state index contributed by atoms with van der Waals surface area (Å²) in [5.74, 6) is -1.58. The molecule has 1 aliphatic carbocycles. The van der Waals surface area contributed by atoms with Gasteiger partial charge in [0.1, 0.15) is 11.6 Å². The molecule has 0 bridgehead atoms. The van der Waals surface area contributed by atoms with E-state index >= 15 is 0 Å². The van der Waals surface area contributed by atoms with Gasteiger partial charge in [0, 0.05) is 19.0 Å². The molecule has 1 saturated carbocycles. The Balaban J connectivity index is 1.78. The fourth-order valence-electron chi connectivity index (χ4n) is 3.32. The van der Waals surface area contributed by atoms with Gasteiger partial charge >= 0.3 is 0 Å². The third kappa shape index (κ3) is 3.88. The van der Waals surface area contributed by atoms with Gasteiger partial charge in [-0.05, 0) is 42.2 Å². The lowest BCUT2D eigenvalue weighted by atomic mass is 10.1. The first kappa shape index (κ1) is 20.3. The monoisotopic (exact) mass is 406 g/mol. The molecule has 8 heteroatoms. The number of carbonyl (C=O) groups is 1. The molecule has 150 valence electrons. The number of hydrogen-bond acceptors (Lipinski definition) is 4. The van der Waals surface area contributed by atoms with Crippen molar-refractivity contribution < 1.29 is 22.7 Å². The molecule has 0 spiro atoms. The van der Waals surface area contributed by atoms with E-state index in [4.69, 9.17) is 0 Å². The number of phenolic OH excluding ortho intramolecular Hbond substituents is 1. The van der Waals surface area contributed by atoms with Gasteiger partial charge in [-0.1, -0.05) is 32.0 Å². The van der Waals surface area contributed by atoms with Crippen molar-refractivity contribution in [2.45, 2.75) is 31.1 Å². The van der Waals surface area contributed by atoms with E-state index in [0.717, 1.165) is 0 Å². The van der Waals surface area contributed by atoms with Crippen LogP contribution in [0, 0.1) is 11.7 Å². The highest BCUT2D eigenvalue weighted by atomic mass is 32.2. The molecule has 0 aliphatic heterocycles. The van der Waals surface area contributed by atoms with Crippen molar-refractivity contribution in [3.8, 4) is 5.75 Å². The number of anilines is 1. The molecule has 28 heavy (non-hydrogen) atoms. The number of benzene rings is 2. The predicted octanol–water partition coefficient (Wildman–Crippen LogP) is 3.30. The van der Waals surface area contributed by atoms with E-state index in [0.29, 0.717) is 25.1 Å². The van der Waals surface area contributed by atoms with Crippen LogP contribution in [0.15, 0.2) is 47.4 Å². The Morgan fingerprint density at radius 1 is 1.21 bits per heavy atom. The second-order valence-electron chi connectivity index (χ2n) is 6.73. The minimum absolute atomic E-state index is 0.00856. The van der Waals surface area contributed by atoms with Gasteiger partial charge in [0.25, 0.3) is 0 Å². The van der Waals surface area contributed by atoms with Crippen molar-refractivity contribution in [3.63, 3.8) is 0 Å². The zero-order valence-electron chi connectivity index (χ0n) is 15.7. The van der Waals surface area contributed by atoms with Gasteiger partial charge in [0.15, 0.2) is 0 Å². The summed E-state index contributed by atoms with van der Waals surface area (Å²) in [4.78, 5) is 12.5. The van der Waals surface area contributed by atoms with E-state index in [-0.39, 0.29) is 34.0 Å². The molecule has 2 unspecified atom stereocenters. The molecule has 2 N–H and O–H groups in total. The fourth-order valence-corrected chi connectivity index (χ4v) is 4.80. The summed E-state index contributed by atoms with van der Waals surface area (Å²) in [6.07, 6.45) is 0.505. The number of nitrogens with one attached hydrogen (secondary N) is 1. The maximum Gasteiger partial charge on any atom is 0.243 e. The van der Waals surface area contributed by atoms with Gasteiger partial charge in [0.05, 0.1) is 10.6 Å². The maximum absolute atomic E-state index is 13.9. The van der Waals surface area contributed by atoms with E-state index in [9.17, 15) is 22.7 Å². The standard InChI is InChI=1S/C20H23FN2O4S/c1-3-23(4-2)28(26,27)13-9-10-19(24)18(11-13)22-20(25)16-12-15(16)14-7-5-6-8-17(14)21/h5-11,15-16,24H,3-4,12H2,1-2H3,(H,22,25). The Labute approximate surface area is 164 Å². The molecule has 6 nitrogen and oxygen atoms in total. The minimum Gasteiger partial charge on any atom is -0.506 e. The second kappa shape index (κ2) is 7.89. The predicted molar refractivity (Wildman–Crippen MR) is 104 cm³/mol. The van der Waals surface area contributed by atoms with Crippen molar-refractivity contribution in [1.29, 1.82) is 0 Å². The summed E-state index contributed by atoms with van der Waals surface area (Å²) in [7, 11) is -3.72. The number of phenols is 1. The second-order valence-corrected chi connectivity index (χ2v) is 8.67. The van der Waals surface area contributed by atoms with Crippen LogP contribution in [-0.2, 0) is 14.8 Å². The molecule has 0 aromatic heterocycles. The molecule has 3 rings (SSSR count). The zero-order valence-corrected chi connectivity index (χ0v) is 16.5. The lowest BCUT2D eigenvalue weighted by molar-refractivity contribution is -0.117. The largest absolute Gasteiger partial charge is 0.506 e. The number of amides is 1. The van der Waals surface area contributed by atoms with E-state index in [1.807, 2.05) is 0 Å². The number of carbonyl (C=O) groups excluding carboxylic acids is 1. The van der Waals surface area contributed by atoms with Gasteiger partial charge in [-0.25, -0.2) is 12.8 Å². The lowest BCUT2D eigenvalue weighted by Crippen LogP contribution is -2.30. The molecular formula is C20H23FN2O4S. The summed E-state index contributed by atoms with van der Waals surface area (Å²) in [6, 6.07) is 10.1. The fraction of sp³-hybridized carbons (Fsp3) is 0.350. The number of nitrogens with zero attached hydrogens (tertiary/aromatic N) is 1. The molecular weight excluding hydrogens is 383 g/mol. The van der Waals surface area contributed by atoms with Crippen molar-refractivity contribution in [2.24, 2.45) is 5.92 Å². The molecule has 0 heterocycles. The maximum atomic E-state index is 13.9. The average molecular weight is 406 g/mol. The summed E-state index contributed by atoms with van der Waals surface area (Å²) in [5, 5.41) is 12.6. The van der Waals surface area contributed by atoms with Gasteiger partial charge in [-0.2, -0.15) is 4.31 Å². The Bertz CT molecular complexity index is 989. The molecule has 2 atom stereocenters. The number of hydrogen-bond donors (Lipinski definition) is 2. The van der Waals surface area contributed by atoms with Crippen LogP contribution in [-0.4, -0.2) is 36.8 Å². The van der Waals surface area contributed by atoms with Crippen molar-refractivity contribution in [2.75, 3.05) is 18.4 Å². The normalized spacial score (nSPS) is 18.9. The van der Waals surface area contributed by atoms with E-state index in [1.165, 1.54) is 28.6 Å². The topological polar surface area (TPSA) is 86.7 Å². The van der Waals surface area contributed by atoms with Crippen LogP contribution in [0.4, 0.5) is 10.1 Å². The van der Waals surface area contributed by atoms with Crippen LogP contribution in [0.1, 0.15) is 31.7 Å². The highest BCUT2D eigenvalue weighted by Gasteiger charge is 2.45. The molecule has 2 aromatic carbocycles. The Kier molecular flexibility index (Phi) is 5.71. The summed E-state index contributed by atoms with van der Waals surface area (Å²) in [6.45, 7) is 4.10. The van der Waals surface area contributed by atoms with Crippen LogP contribution < -0.4 is 5.32 Å². The van der Waals surface area contributed by atoms with E-state index in [1.54, 1.807) is 32.0 Å². The van der Waals surface area contributed by atoms with Crippen LogP contribution in [0.5, 0.6) is 5.75 Å². The van der Waals surface area contributed by atoms with Crippen molar-refractivity contribution in [3.05, 3.63) is 53.8 Å². The molecule has 1 fully saturated rings. The average Bonchev–Trinajstić information content (AvgIpc) is 3.45. The van der Waals surface area contributed by atoms with Crippen molar-refractivity contribution >= 4 is 21.6 Å². The summed E-state index contributed by atoms with van der Waals surface area (Å²) < 4.78 is 40.5. The molecule has 0 saturated heterocycles. The first-order valence-corrected chi connectivity index (χ1v) is 10.6. The number of aromatic hydroxyl groups is 1. The van der Waals surface area contributed by atoms with Crippen LogP contribution >= 0.6 is 0 Å². The first-order chi connectivity index (χ1) is 13.3. The van der Waals surface area contributed by atoms with Crippen LogP contribution in [0.25, 0.3) is 0 Å². The Morgan fingerprint density at radius 3 is 2.54 bits per heavy atom. The van der Waals surface area contributed by atoms with Gasteiger partial charge in [-0.15, -0.1) is 0 Å². The van der Waals surface area contributed by atoms with E-state index < -0.39 is 15.9 Å². The van der Waals surface area contributed by atoms with Gasteiger partial charge < -0.3 is 10.4 Å². The molecule has 2 aromatic rings. The smallest absolute Gasteiger partial charge is 0.243 e. The Morgan fingerprint density at radius 2 is 1.89 bits per heavy atom. The van der Waals surface area contributed by atoms with Crippen LogP contribution in [0.3, 0.4) is 0 Å². The number of halogens is 1. The SMILES string of the molecule is CCN(CC)S(=O)(=O)c1ccc(O)c(NC(=O)C2CC2c2ccccc2F)c1. The van der Waals surface area contributed by atoms with Crippen molar-refractivity contribution in [1.82, 2.24) is 4.31 Å². The first-order valence-electron chi connectivity index (χ1n) is 9.18. The summed E-state index contributed by atoms with van der Waals surface area (Å²) >= 11 is 0. The number of rotatable bonds is 7.